The van der Waals surface area contributed by atoms with Gasteiger partial charge in [0.2, 0.25) is 0 Å². The van der Waals surface area contributed by atoms with Crippen LogP contribution in [-0.4, -0.2) is 32.5 Å². The van der Waals surface area contributed by atoms with Gasteiger partial charge in [-0.05, 0) is 18.2 Å². The number of rotatable bonds is 2. The molecule has 0 unspecified atom stereocenters. The van der Waals surface area contributed by atoms with E-state index in [4.69, 9.17) is 0 Å². The summed E-state index contributed by atoms with van der Waals surface area (Å²) >= 11 is 0. The SMILES string of the molecule is Cl.O=Cc1cc(N2CCNCC2)cc(C(F)(F)F)c1. The molecular weight excluding hydrogens is 281 g/mol. The highest BCUT2D eigenvalue weighted by molar-refractivity contribution is 5.85. The molecule has 106 valence electrons. The molecule has 1 aromatic rings. The number of hydrogen-bond acceptors (Lipinski definition) is 3. The van der Waals surface area contributed by atoms with Crippen LogP contribution in [0.25, 0.3) is 0 Å². The molecule has 1 saturated heterocycles. The quantitative estimate of drug-likeness (QED) is 0.850. The molecule has 0 bridgehead atoms. The first-order valence-electron chi connectivity index (χ1n) is 5.64. The van der Waals surface area contributed by atoms with Crippen LogP contribution < -0.4 is 10.2 Å². The van der Waals surface area contributed by atoms with E-state index in [9.17, 15) is 18.0 Å². The zero-order chi connectivity index (χ0) is 13.2. The summed E-state index contributed by atoms with van der Waals surface area (Å²) < 4.78 is 38.1. The molecular formula is C12H14ClF3N2O. The van der Waals surface area contributed by atoms with Crippen molar-refractivity contribution in [3.63, 3.8) is 0 Å². The Morgan fingerprint density at radius 2 is 1.79 bits per heavy atom. The van der Waals surface area contributed by atoms with E-state index >= 15 is 0 Å². The molecule has 0 spiro atoms. The number of benzene rings is 1. The van der Waals surface area contributed by atoms with Gasteiger partial charge in [-0.2, -0.15) is 13.2 Å². The van der Waals surface area contributed by atoms with Crippen LogP contribution in [0.15, 0.2) is 18.2 Å². The summed E-state index contributed by atoms with van der Waals surface area (Å²) in [5, 5.41) is 3.12. The lowest BCUT2D eigenvalue weighted by atomic mass is 10.1. The summed E-state index contributed by atoms with van der Waals surface area (Å²) in [5.41, 5.74) is -0.271. The van der Waals surface area contributed by atoms with Gasteiger partial charge in [0.25, 0.3) is 0 Å². The van der Waals surface area contributed by atoms with Crippen LogP contribution in [-0.2, 0) is 6.18 Å². The fraction of sp³-hybridized carbons (Fsp3) is 0.417. The van der Waals surface area contributed by atoms with Gasteiger partial charge >= 0.3 is 6.18 Å². The highest BCUT2D eigenvalue weighted by Crippen LogP contribution is 2.32. The minimum Gasteiger partial charge on any atom is -0.369 e. The monoisotopic (exact) mass is 294 g/mol. The first kappa shape index (κ1) is 15.8. The second kappa shape index (κ2) is 6.25. The highest BCUT2D eigenvalue weighted by Gasteiger charge is 2.31. The molecule has 0 amide bonds. The lowest BCUT2D eigenvalue weighted by Crippen LogP contribution is -2.43. The number of carbonyl (C=O) groups excluding carboxylic acids is 1. The Balaban J connectivity index is 0.00000180. The van der Waals surface area contributed by atoms with Crippen molar-refractivity contribution in [1.29, 1.82) is 0 Å². The molecule has 1 N–H and O–H groups in total. The molecule has 1 aliphatic heterocycles. The first-order valence-corrected chi connectivity index (χ1v) is 5.64. The number of aldehydes is 1. The maximum absolute atomic E-state index is 12.7. The van der Waals surface area contributed by atoms with Crippen molar-refractivity contribution in [2.45, 2.75) is 6.18 Å². The molecule has 1 aromatic carbocycles. The van der Waals surface area contributed by atoms with Gasteiger partial charge in [0.15, 0.2) is 0 Å². The highest BCUT2D eigenvalue weighted by atomic mass is 35.5. The smallest absolute Gasteiger partial charge is 0.369 e. The predicted octanol–water partition coefficient (Wildman–Crippen LogP) is 2.35. The van der Waals surface area contributed by atoms with Crippen LogP contribution in [0.4, 0.5) is 18.9 Å². The molecule has 0 radical (unpaired) electrons. The van der Waals surface area contributed by atoms with Crippen molar-refractivity contribution in [2.75, 3.05) is 31.1 Å². The zero-order valence-electron chi connectivity index (χ0n) is 10.0. The van der Waals surface area contributed by atoms with E-state index in [0.717, 1.165) is 25.2 Å². The largest absolute Gasteiger partial charge is 0.416 e. The van der Waals surface area contributed by atoms with Gasteiger partial charge in [-0.3, -0.25) is 4.79 Å². The standard InChI is InChI=1S/C12H13F3N2O.ClH/c13-12(14,15)10-5-9(8-18)6-11(7-10)17-3-1-16-2-4-17;/h5-8,16H,1-4H2;1H. The summed E-state index contributed by atoms with van der Waals surface area (Å²) in [4.78, 5) is 12.6. The Bertz CT molecular complexity index is 445. The second-order valence-electron chi connectivity index (χ2n) is 4.17. The molecule has 1 fully saturated rings. The lowest BCUT2D eigenvalue weighted by molar-refractivity contribution is -0.137. The summed E-state index contributed by atoms with van der Waals surface area (Å²) in [6, 6.07) is 3.46. The van der Waals surface area contributed by atoms with Crippen LogP contribution >= 0.6 is 12.4 Å². The second-order valence-corrected chi connectivity index (χ2v) is 4.17. The van der Waals surface area contributed by atoms with Crippen molar-refractivity contribution in [1.82, 2.24) is 5.32 Å². The average molecular weight is 295 g/mol. The van der Waals surface area contributed by atoms with Crippen molar-refractivity contribution in [2.24, 2.45) is 0 Å². The minimum absolute atomic E-state index is 0. The van der Waals surface area contributed by atoms with Crippen molar-refractivity contribution in [3.8, 4) is 0 Å². The Hall–Kier alpha value is -1.27. The van der Waals surface area contributed by atoms with E-state index in [-0.39, 0.29) is 18.0 Å². The summed E-state index contributed by atoms with van der Waals surface area (Å²) in [5.74, 6) is 0. The summed E-state index contributed by atoms with van der Waals surface area (Å²) in [6.45, 7) is 2.73. The molecule has 0 aliphatic carbocycles. The third-order valence-corrected chi connectivity index (χ3v) is 2.89. The Morgan fingerprint density at radius 3 is 2.32 bits per heavy atom. The van der Waals surface area contributed by atoms with Gasteiger partial charge in [-0.1, -0.05) is 0 Å². The maximum Gasteiger partial charge on any atom is 0.416 e. The molecule has 1 aliphatic rings. The van der Waals surface area contributed by atoms with Gasteiger partial charge in [-0.25, -0.2) is 0 Å². The van der Waals surface area contributed by atoms with Gasteiger partial charge in [-0.15, -0.1) is 12.4 Å². The number of carbonyl (C=O) groups is 1. The van der Waals surface area contributed by atoms with Crippen molar-refractivity contribution in [3.05, 3.63) is 29.3 Å². The molecule has 1 heterocycles. The van der Waals surface area contributed by atoms with Crippen LogP contribution in [0.3, 0.4) is 0 Å². The molecule has 3 nitrogen and oxygen atoms in total. The molecule has 19 heavy (non-hydrogen) atoms. The van der Waals surface area contributed by atoms with Gasteiger partial charge in [0.1, 0.15) is 6.29 Å². The van der Waals surface area contributed by atoms with Gasteiger partial charge in [0, 0.05) is 37.4 Å². The molecule has 0 atom stereocenters. The molecule has 2 rings (SSSR count). The van der Waals surface area contributed by atoms with E-state index in [1.54, 1.807) is 0 Å². The fourth-order valence-electron chi connectivity index (χ4n) is 1.97. The summed E-state index contributed by atoms with van der Waals surface area (Å²) in [6.07, 6.45) is -3.98. The molecule has 7 heteroatoms. The number of nitrogens with zero attached hydrogens (tertiary/aromatic N) is 1. The zero-order valence-corrected chi connectivity index (χ0v) is 10.9. The Labute approximate surface area is 115 Å². The van der Waals surface area contributed by atoms with Crippen LogP contribution in [0, 0.1) is 0 Å². The van der Waals surface area contributed by atoms with Crippen LogP contribution in [0.2, 0.25) is 0 Å². The van der Waals surface area contributed by atoms with Crippen molar-refractivity contribution >= 4 is 24.4 Å². The van der Waals surface area contributed by atoms with E-state index in [1.807, 2.05) is 4.90 Å². The van der Waals surface area contributed by atoms with E-state index < -0.39 is 11.7 Å². The fourth-order valence-corrected chi connectivity index (χ4v) is 1.97. The van der Waals surface area contributed by atoms with Crippen molar-refractivity contribution < 1.29 is 18.0 Å². The Kier molecular flexibility index (Phi) is 5.20. The number of alkyl halides is 3. The summed E-state index contributed by atoms with van der Waals surface area (Å²) in [7, 11) is 0. The number of anilines is 1. The normalized spacial score (nSPS) is 15.8. The Morgan fingerprint density at radius 1 is 1.16 bits per heavy atom. The molecule has 0 aromatic heterocycles. The maximum atomic E-state index is 12.7. The number of halogens is 4. The number of nitrogens with one attached hydrogen (secondary N) is 1. The number of hydrogen-bond donors (Lipinski definition) is 1. The van der Waals surface area contributed by atoms with Crippen LogP contribution in [0.1, 0.15) is 15.9 Å². The third-order valence-electron chi connectivity index (χ3n) is 2.89. The van der Waals surface area contributed by atoms with E-state index in [0.29, 0.717) is 25.1 Å². The van der Waals surface area contributed by atoms with Crippen LogP contribution in [0.5, 0.6) is 0 Å². The van der Waals surface area contributed by atoms with Gasteiger partial charge in [0.05, 0.1) is 5.56 Å². The lowest BCUT2D eigenvalue weighted by Gasteiger charge is -2.30. The first-order chi connectivity index (χ1) is 8.50. The third kappa shape index (κ3) is 3.84. The molecule has 0 saturated carbocycles. The predicted molar refractivity (Wildman–Crippen MR) is 69.2 cm³/mol. The minimum atomic E-state index is -4.43. The van der Waals surface area contributed by atoms with E-state index in [2.05, 4.69) is 5.32 Å². The van der Waals surface area contributed by atoms with Gasteiger partial charge < -0.3 is 10.2 Å². The topological polar surface area (TPSA) is 32.3 Å². The van der Waals surface area contributed by atoms with E-state index in [1.165, 1.54) is 6.07 Å². The number of piperazine rings is 1. The average Bonchev–Trinajstić information content (AvgIpc) is 2.38.